The van der Waals surface area contributed by atoms with Crippen LogP contribution in [0.25, 0.3) is 0 Å². The highest BCUT2D eigenvalue weighted by Crippen LogP contribution is 2.20. The lowest BCUT2D eigenvalue weighted by Gasteiger charge is -2.28. The van der Waals surface area contributed by atoms with Gasteiger partial charge in [-0.15, -0.1) is 0 Å². The van der Waals surface area contributed by atoms with E-state index in [0.29, 0.717) is 12.2 Å². The molecule has 1 aromatic carbocycles. The highest BCUT2D eigenvalue weighted by molar-refractivity contribution is 7.92. The molecule has 5 nitrogen and oxygen atoms in total. The standard InChI is InChI=1S/C16H22N2O3S/c1-4-14-9-6-10-17(14)16(19)12-18(22(3,20)21)15-8-5-7-13(2)11-15/h5-9,11,14H,4,10,12H2,1-3H3. The normalized spacial score (nSPS) is 17.8. The van der Waals surface area contributed by atoms with Crippen LogP contribution in [0.2, 0.25) is 0 Å². The Balaban J connectivity index is 2.23. The fourth-order valence-electron chi connectivity index (χ4n) is 2.61. The second-order valence-corrected chi connectivity index (χ2v) is 7.47. The number of carbonyl (C=O) groups is 1. The van der Waals surface area contributed by atoms with Crippen molar-refractivity contribution in [3.05, 3.63) is 42.0 Å². The van der Waals surface area contributed by atoms with Gasteiger partial charge in [0, 0.05) is 6.54 Å². The van der Waals surface area contributed by atoms with Gasteiger partial charge in [-0.1, -0.05) is 31.2 Å². The Labute approximate surface area is 132 Å². The van der Waals surface area contributed by atoms with Gasteiger partial charge < -0.3 is 4.90 Å². The quantitative estimate of drug-likeness (QED) is 0.779. The second-order valence-electron chi connectivity index (χ2n) is 5.56. The summed E-state index contributed by atoms with van der Waals surface area (Å²) >= 11 is 0. The number of nitrogens with zero attached hydrogens (tertiary/aromatic N) is 2. The number of aryl methyl sites for hydroxylation is 1. The maximum atomic E-state index is 12.5. The van der Waals surface area contributed by atoms with Crippen LogP contribution in [-0.2, 0) is 14.8 Å². The van der Waals surface area contributed by atoms with Gasteiger partial charge in [-0.2, -0.15) is 0 Å². The monoisotopic (exact) mass is 322 g/mol. The lowest BCUT2D eigenvalue weighted by atomic mass is 10.2. The Kier molecular flexibility index (Phi) is 4.90. The summed E-state index contributed by atoms with van der Waals surface area (Å²) < 4.78 is 25.3. The first-order chi connectivity index (χ1) is 10.3. The summed E-state index contributed by atoms with van der Waals surface area (Å²) in [5.74, 6) is -0.177. The number of rotatable bonds is 5. The Morgan fingerprint density at radius 1 is 1.41 bits per heavy atom. The molecule has 0 saturated carbocycles. The van der Waals surface area contributed by atoms with Crippen LogP contribution in [0.15, 0.2) is 36.4 Å². The van der Waals surface area contributed by atoms with Gasteiger partial charge in [0.2, 0.25) is 15.9 Å². The number of carbonyl (C=O) groups excluding carboxylic acids is 1. The molecular formula is C16H22N2O3S. The van der Waals surface area contributed by atoms with E-state index in [-0.39, 0.29) is 18.5 Å². The number of sulfonamides is 1. The minimum atomic E-state index is -3.52. The molecule has 1 heterocycles. The molecule has 0 aliphatic carbocycles. The number of benzene rings is 1. The molecule has 1 aromatic rings. The van der Waals surface area contributed by atoms with Gasteiger partial charge in [0.15, 0.2) is 0 Å². The predicted octanol–water partition coefficient (Wildman–Crippen LogP) is 1.94. The molecule has 1 amide bonds. The molecule has 6 heteroatoms. The Bertz CT molecular complexity index is 682. The summed E-state index contributed by atoms with van der Waals surface area (Å²) in [5, 5.41) is 0. The second kappa shape index (κ2) is 6.52. The van der Waals surface area contributed by atoms with Crippen molar-refractivity contribution in [2.75, 3.05) is 23.7 Å². The highest BCUT2D eigenvalue weighted by atomic mass is 32.2. The van der Waals surface area contributed by atoms with Crippen LogP contribution in [-0.4, -0.2) is 44.6 Å². The summed E-state index contributed by atoms with van der Waals surface area (Å²) in [4.78, 5) is 14.2. The molecule has 1 aliphatic rings. The van der Waals surface area contributed by atoms with Gasteiger partial charge in [-0.25, -0.2) is 8.42 Å². The van der Waals surface area contributed by atoms with Crippen molar-refractivity contribution in [1.82, 2.24) is 4.90 Å². The largest absolute Gasteiger partial charge is 0.331 e. The fraction of sp³-hybridized carbons (Fsp3) is 0.438. The first kappa shape index (κ1) is 16.5. The van der Waals surface area contributed by atoms with Crippen LogP contribution in [0.1, 0.15) is 18.9 Å². The van der Waals surface area contributed by atoms with Gasteiger partial charge in [-0.3, -0.25) is 9.10 Å². The van der Waals surface area contributed by atoms with Crippen LogP contribution >= 0.6 is 0 Å². The smallest absolute Gasteiger partial charge is 0.244 e. The molecule has 0 bridgehead atoms. The Hall–Kier alpha value is -1.82. The molecule has 1 atom stereocenters. The summed E-state index contributed by atoms with van der Waals surface area (Å²) in [5.41, 5.74) is 1.48. The van der Waals surface area contributed by atoms with E-state index in [1.165, 1.54) is 4.31 Å². The molecule has 0 N–H and O–H groups in total. The zero-order chi connectivity index (χ0) is 16.3. The summed E-state index contributed by atoms with van der Waals surface area (Å²) in [7, 11) is -3.52. The topological polar surface area (TPSA) is 57.7 Å². The van der Waals surface area contributed by atoms with E-state index in [1.54, 1.807) is 23.1 Å². The van der Waals surface area contributed by atoms with Crippen LogP contribution in [0.5, 0.6) is 0 Å². The lowest BCUT2D eigenvalue weighted by molar-refractivity contribution is -0.129. The molecule has 1 aliphatic heterocycles. The number of hydrogen-bond acceptors (Lipinski definition) is 3. The highest BCUT2D eigenvalue weighted by Gasteiger charge is 2.28. The van der Waals surface area contributed by atoms with Crippen molar-refractivity contribution >= 4 is 21.6 Å². The summed E-state index contributed by atoms with van der Waals surface area (Å²) in [6, 6.07) is 7.23. The van der Waals surface area contributed by atoms with Crippen LogP contribution in [0, 0.1) is 6.92 Å². The zero-order valence-electron chi connectivity index (χ0n) is 13.2. The molecule has 22 heavy (non-hydrogen) atoms. The maximum Gasteiger partial charge on any atom is 0.244 e. The van der Waals surface area contributed by atoms with E-state index in [4.69, 9.17) is 0 Å². The molecule has 1 unspecified atom stereocenters. The van der Waals surface area contributed by atoms with Crippen molar-refractivity contribution in [2.24, 2.45) is 0 Å². The number of hydrogen-bond donors (Lipinski definition) is 0. The zero-order valence-corrected chi connectivity index (χ0v) is 14.0. The third-order valence-corrected chi connectivity index (χ3v) is 4.91. The first-order valence-electron chi connectivity index (χ1n) is 7.33. The van der Waals surface area contributed by atoms with Gasteiger partial charge in [0.1, 0.15) is 6.54 Å². The van der Waals surface area contributed by atoms with E-state index in [9.17, 15) is 13.2 Å². The van der Waals surface area contributed by atoms with Gasteiger partial charge >= 0.3 is 0 Å². The van der Waals surface area contributed by atoms with Crippen LogP contribution in [0.3, 0.4) is 0 Å². The van der Waals surface area contributed by atoms with E-state index < -0.39 is 10.0 Å². The van der Waals surface area contributed by atoms with Gasteiger partial charge in [-0.05, 0) is 31.0 Å². The van der Waals surface area contributed by atoms with Crippen molar-refractivity contribution < 1.29 is 13.2 Å². The van der Waals surface area contributed by atoms with E-state index in [0.717, 1.165) is 18.2 Å². The SMILES string of the molecule is CCC1C=CCN1C(=O)CN(c1cccc(C)c1)S(C)(=O)=O. The van der Waals surface area contributed by atoms with E-state index in [1.807, 2.05) is 32.1 Å². The Morgan fingerprint density at radius 3 is 2.73 bits per heavy atom. The maximum absolute atomic E-state index is 12.5. The van der Waals surface area contributed by atoms with Gasteiger partial charge in [0.25, 0.3) is 0 Å². The average Bonchev–Trinajstić information content (AvgIpc) is 2.91. The summed E-state index contributed by atoms with van der Waals surface area (Å²) in [6.07, 6.45) is 5.90. The van der Waals surface area contributed by atoms with Gasteiger partial charge in [0.05, 0.1) is 18.0 Å². The fourth-order valence-corrected chi connectivity index (χ4v) is 3.45. The average molecular weight is 322 g/mol. The van der Waals surface area contributed by atoms with E-state index >= 15 is 0 Å². The molecular weight excluding hydrogens is 300 g/mol. The van der Waals surface area contributed by atoms with Crippen LogP contribution in [0.4, 0.5) is 5.69 Å². The molecule has 0 fully saturated rings. The minimum absolute atomic E-state index is 0.0615. The molecule has 0 aromatic heterocycles. The molecule has 0 saturated heterocycles. The predicted molar refractivity (Wildman–Crippen MR) is 88.3 cm³/mol. The lowest BCUT2D eigenvalue weighted by Crippen LogP contribution is -2.44. The molecule has 0 radical (unpaired) electrons. The van der Waals surface area contributed by atoms with Crippen LogP contribution < -0.4 is 4.31 Å². The molecule has 0 spiro atoms. The van der Waals surface area contributed by atoms with Crippen molar-refractivity contribution in [1.29, 1.82) is 0 Å². The molecule has 2 rings (SSSR count). The minimum Gasteiger partial charge on any atom is -0.331 e. The van der Waals surface area contributed by atoms with Crippen molar-refractivity contribution in [3.8, 4) is 0 Å². The van der Waals surface area contributed by atoms with Crippen molar-refractivity contribution in [3.63, 3.8) is 0 Å². The van der Waals surface area contributed by atoms with Crippen molar-refractivity contribution in [2.45, 2.75) is 26.3 Å². The third-order valence-electron chi connectivity index (χ3n) is 3.77. The first-order valence-corrected chi connectivity index (χ1v) is 9.18. The molecule has 120 valence electrons. The number of anilines is 1. The Morgan fingerprint density at radius 2 is 2.14 bits per heavy atom. The third kappa shape index (κ3) is 3.68. The van der Waals surface area contributed by atoms with E-state index in [2.05, 4.69) is 0 Å². The summed E-state index contributed by atoms with van der Waals surface area (Å²) in [6.45, 7) is 4.28. The number of amides is 1.